The number of methoxy groups -OCH3 is 1. The number of benzene rings is 2. The fourth-order valence-electron chi connectivity index (χ4n) is 2.11. The molecule has 0 heterocycles. The predicted octanol–water partition coefficient (Wildman–Crippen LogP) is 2.96. The number of amides is 1. The molecule has 0 aliphatic heterocycles. The van der Waals surface area contributed by atoms with E-state index >= 15 is 0 Å². The minimum Gasteiger partial charge on any atom is -0.465 e. The molecule has 6 nitrogen and oxygen atoms in total. The van der Waals surface area contributed by atoms with Gasteiger partial charge < -0.3 is 15.0 Å². The average Bonchev–Trinajstić information content (AvgIpc) is 2.67. The van der Waals surface area contributed by atoms with Gasteiger partial charge in [-0.15, -0.1) is 0 Å². The Morgan fingerprint density at radius 1 is 1.16 bits per heavy atom. The molecule has 0 aliphatic carbocycles. The highest BCUT2D eigenvalue weighted by atomic mass is 16.5. The van der Waals surface area contributed by atoms with Crippen molar-refractivity contribution in [3.63, 3.8) is 0 Å². The molecule has 0 saturated carbocycles. The van der Waals surface area contributed by atoms with Crippen LogP contribution < -0.4 is 10.2 Å². The van der Waals surface area contributed by atoms with E-state index in [-0.39, 0.29) is 11.5 Å². The van der Waals surface area contributed by atoms with Gasteiger partial charge >= 0.3 is 5.97 Å². The Hall–Kier alpha value is -3.59. The molecule has 2 aromatic rings. The van der Waals surface area contributed by atoms with Crippen LogP contribution in [-0.4, -0.2) is 26.0 Å². The third-order valence-electron chi connectivity index (χ3n) is 3.47. The molecule has 1 amide bonds. The Morgan fingerprint density at radius 2 is 1.88 bits per heavy atom. The Balaban J connectivity index is 2.18. The number of nitriles is 1. The highest BCUT2D eigenvalue weighted by Crippen LogP contribution is 2.17. The normalized spacial score (nSPS) is 10.5. The van der Waals surface area contributed by atoms with E-state index in [0.717, 1.165) is 5.69 Å². The number of carbonyl (C=O) groups excluding carboxylic acids is 2. The van der Waals surface area contributed by atoms with Gasteiger partial charge in [0.2, 0.25) is 0 Å². The fraction of sp³-hybridized carbons (Fsp3) is 0.105. The van der Waals surface area contributed by atoms with Gasteiger partial charge in [-0.1, -0.05) is 24.3 Å². The third kappa shape index (κ3) is 4.45. The molecule has 2 rings (SSSR count). The largest absolute Gasteiger partial charge is 0.465 e. The molecule has 0 spiro atoms. The van der Waals surface area contributed by atoms with Crippen molar-refractivity contribution in [2.24, 2.45) is 0 Å². The standard InChI is InChI=1S/C19H17N3O3/c1-22(17-9-4-3-5-10-17)18(23)14-7-6-8-16(11-14)21-13-15(12-20)19(24)25-2/h3-11,13,21H,1-2H3/b15-13+. The second kappa shape index (κ2) is 8.31. The lowest BCUT2D eigenvalue weighted by Crippen LogP contribution is -2.26. The maximum Gasteiger partial charge on any atom is 0.350 e. The number of para-hydroxylation sites is 1. The van der Waals surface area contributed by atoms with Crippen molar-refractivity contribution in [1.29, 1.82) is 5.26 Å². The van der Waals surface area contributed by atoms with Gasteiger partial charge in [0.05, 0.1) is 7.11 Å². The van der Waals surface area contributed by atoms with Crippen LogP contribution in [0.3, 0.4) is 0 Å². The van der Waals surface area contributed by atoms with Crippen molar-refractivity contribution < 1.29 is 14.3 Å². The van der Waals surface area contributed by atoms with Gasteiger partial charge in [-0.05, 0) is 30.3 Å². The van der Waals surface area contributed by atoms with Crippen molar-refractivity contribution >= 4 is 23.3 Å². The number of hydrogen-bond donors (Lipinski definition) is 1. The van der Waals surface area contributed by atoms with E-state index in [2.05, 4.69) is 10.1 Å². The molecule has 1 N–H and O–H groups in total. The first kappa shape index (κ1) is 17.8. The lowest BCUT2D eigenvalue weighted by atomic mass is 10.1. The van der Waals surface area contributed by atoms with E-state index in [0.29, 0.717) is 11.3 Å². The molecule has 0 atom stereocenters. The third-order valence-corrected chi connectivity index (χ3v) is 3.47. The molecule has 25 heavy (non-hydrogen) atoms. The quantitative estimate of drug-likeness (QED) is 0.516. The van der Waals surface area contributed by atoms with Crippen LogP contribution in [0.2, 0.25) is 0 Å². The summed E-state index contributed by atoms with van der Waals surface area (Å²) in [6, 6.07) is 17.8. The van der Waals surface area contributed by atoms with Crippen LogP contribution >= 0.6 is 0 Å². The minimum absolute atomic E-state index is 0.166. The van der Waals surface area contributed by atoms with Crippen LogP contribution in [0.5, 0.6) is 0 Å². The summed E-state index contributed by atoms with van der Waals surface area (Å²) in [6.45, 7) is 0. The van der Waals surface area contributed by atoms with E-state index < -0.39 is 5.97 Å². The first-order chi connectivity index (χ1) is 12.1. The highest BCUT2D eigenvalue weighted by Gasteiger charge is 2.13. The second-order valence-corrected chi connectivity index (χ2v) is 5.09. The number of carbonyl (C=O) groups is 2. The summed E-state index contributed by atoms with van der Waals surface area (Å²) < 4.78 is 4.50. The van der Waals surface area contributed by atoms with E-state index in [1.807, 2.05) is 30.3 Å². The van der Waals surface area contributed by atoms with Crippen LogP contribution in [0.4, 0.5) is 11.4 Å². The van der Waals surface area contributed by atoms with Crippen molar-refractivity contribution in [3.8, 4) is 6.07 Å². The zero-order valence-electron chi connectivity index (χ0n) is 13.9. The van der Waals surface area contributed by atoms with E-state index in [9.17, 15) is 9.59 Å². The molecule has 0 aliphatic rings. The molecular formula is C19H17N3O3. The van der Waals surface area contributed by atoms with Crippen molar-refractivity contribution in [2.75, 3.05) is 24.4 Å². The Labute approximate surface area is 145 Å². The van der Waals surface area contributed by atoms with E-state index in [1.54, 1.807) is 42.3 Å². The summed E-state index contributed by atoms with van der Waals surface area (Å²) in [4.78, 5) is 25.5. The number of rotatable bonds is 5. The summed E-state index contributed by atoms with van der Waals surface area (Å²) in [7, 11) is 2.90. The highest BCUT2D eigenvalue weighted by molar-refractivity contribution is 6.06. The topological polar surface area (TPSA) is 82.4 Å². The van der Waals surface area contributed by atoms with Crippen molar-refractivity contribution in [1.82, 2.24) is 0 Å². The lowest BCUT2D eigenvalue weighted by Gasteiger charge is -2.17. The lowest BCUT2D eigenvalue weighted by molar-refractivity contribution is -0.135. The summed E-state index contributed by atoms with van der Waals surface area (Å²) in [6.07, 6.45) is 1.25. The van der Waals surface area contributed by atoms with E-state index in [4.69, 9.17) is 5.26 Å². The molecular weight excluding hydrogens is 318 g/mol. The molecule has 0 fully saturated rings. The van der Waals surface area contributed by atoms with Crippen LogP contribution in [-0.2, 0) is 9.53 Å². The zero-order chi connectivity index (χ0) is 18.2. The van der Waals surface area contributed by atoms with Gasteiger partial charge in [-0.3, -0.25) is 4.79 Å². The van der Waals surface area contributed by atoms with Gasteiger partial charge in [0.15, 0.2) is 5.57 Å². The minimum atomic E-state index is -0.731. The summed E-state index contributed by atoms with van der Waals surface area (Å²) in [5, 5.41) is 11.8. The van der Waals surface area contributed by atoms with Gasteiger partial charge in [0, 0.05) is 30.2 Å². The number of esters is 1. The molecule has 0 unspecified atom stereocenters. The number of nitrogens with zero attached hydrogens (tertiary/aromatic N) is 2. The second-order valence-electron chi connectivity index (χ2n) is 5.09. The van der Waals surface area contributed by atoms with Crippen molar-refractivity contribution in [2.45, 2.75) is 0 Å². The summed E-state index contributed by atoms with van der Waals surface area (Å²) in [5.74, 6) is -0.904. The monoisotopic (exact) mass is 335 g/mol. The fourth-order valence-corrected chi connectivity index (χ4v) is 2.11. The Morgan fingerprint density at radius 3 is 2.52 bits per heavy atom. The average molecular weight is 335 g/mol. The summed E-state index contributed by atoms with van der Waals surface area (Å²) >= 11 is 0. The first-order valence-electron chi connectivity index (χ1n) is 7.45. The molecule has 0 bridgehead atoms. The van der Waals surface area contributed by atoms with Crippen LogP contribution in [0.1, 0.15) is 10.4 Å². The van der Waals surface area contributed by atoms with Crippen molar-refractivity contribution in [3.05, 3.63) is 71.9 Å². The Bertz CT molecular complexity index is 838. The van der Waals surface area contributed by atoms with Gasteiger partial charge in [0.1, 0.15) is 6.07 Å². The molecule has 0 aromatic heterocycles. The number of nitrogens with one attached hydrogen (secondary N) is 1. The predicted molar refractivity (Wildman–Crippen MR) is 95.0 cm³/mol. The molecule has 2 aromatic carbocycles. The maximum absolute atomic E-state index is 12.6. The molecule has 6 heteroatoms. The first-order valence-corrected chi connectivity index (χ1v) is 7.45. The number of anilines is 2. The smallest absolute Gasteiger partial charge is 0.350 e. The Kier molecular flexibility index (Phi) is 5.91. The number of ether oxygens (including phenoxy) is 1. The van der Waals surface area contributed by atoms with Gasteiger partial charge in [-0.2, -0.15) is 5.26 Å². The number of hydrogen-bond acceptors (Lipinski definition) is 5. The summed E-state index contributed by atoms with van der Waals surface area (Å²) in [5.41, 5.74) is 1.66. The van der Waals surface area contributed by atoms with Crippen LogP contribution in [0, 0.1) is 11.3 Å². The van der Waals surface area contributed by atoms with Gasteiger partial charge in [0.25, 0.3) is 5.91 Å². The SMILES string of the molecule is COC(=O)/C(C#N)=C/Nc1cccc(C(=O)N(C)c2ccccc2)c1. The van der Waals surface area contributed by atoms with Crippen LogP contribution in [0.15, 0.2) is 66.4 Å². The maximum atomic E-state index is 12.6. The molecule has 0 radical (unpaired) electrons. The van der Waals surface area contributed by atoms with Gasteiger partial charge in [-0.25, -0.2) is 4.79 Å². The zero-order valence-corrected chi connectivity index (χ0v) is 13.9. The van der Waals surface area contributed by atoms with E-state index in [1.165, 1.54) is 13.3 Å². The molecule has 126 valence electrons. The van der Waals surface area contributed by atoms with Crippen LogP contribution in [0.25, 0.3) is 0 Å². The molecule has 0 saturated heterocycles.